The third-order valence-corrected chi connectivity index (χ3v) is 3.91. The highest BCUT2D eigenvalue weighted by Gasteiger charge is 2.17. The van der Waals surface area contributed by atoms with E-state index < -0.39 is 0 Å². The van der Waals surface area contributed by atoms with Crippen molar-refractivity contribution in [2.45, 2.75) is 19.9 Å². The minimum absolute atomic E-state index is 0.0316. The second-order valence-electron chi connectivity index (χ2n) is 4.51. The summed E-state index contributed by atoms with van der Waals surface area (Å²) in [4.78, 5) is 21.3. The lowest BCUT2D eigenvalue weighted by Crippen LogP contribution is -2.35. The molecule has 0 bridgehead atoms. The molecule has 5 nitrogen and oxygen atoms in total. The van der Waals surface area contributed by atoms with Crippen molar-refractivity contribution >= 4 is 17.2 Å². The SMILES string of the molecule is COC[C@H](C)NC(=O)c1sc(-c2cccnc2)nc1C. The van der Waals surface area contributed by atoms with Crippen molar-refractivity contribution in [3.05, 3.63) is 35.1 Å². The molecular formula is C14H17N3O2S. The lowest BCUT2D eigenvalue weighted by atomic mass is 10.3. The van der Waals surface area contributed by atoms with Crippen LogP contribution in [-0.4, -0.2) is 35.6 Å². The number of amides is 1. The molecule has 2 aromatic heterocycles. The number of nitrogens with zero attached hydrogens (tertiary/aromatic N) is 2. The van der Waals surface area contributed by atoms with E-state index in [0.717, 1.165) is 16.3 Å². The highest BCUT2D eigenvalue weighted by atomic mass is 32.1. The number of thiazole rings is 1. The van der Waals surface area contributed by atoms with Crippen LogP contribution in [0.1, 0.15) is 22.3 Å². The molecule has 0 unspecified atom stereocenters. The van der Waals surface area contributed by atoms with Crippen LogP contribution < -0.4 is 5.32 Å². The standard InChI is InChI=1S/C14H17N3O2S/c1-9(8-19-3)16-13(18)12-10(2)17-14(20-12)11-5-4-6-15-7-11/h4-7,9H,8H2,1-3H3,(H,16,18)/t9-/m0/s1. The zero-order valence-corrected chi connectivity index (χ0v) is 12.5. The van der Waals surface area contributed by atoms with Crippen LogP contribution >= 0.6 is 11.3 Å². The first-order valence-corrected chi connectivity index (χ1v) is 7.11. The monoisotopic (exact) mass is 291 g/mol. The van der Waals surface area contributed by atoms with Gasteiger partial charge in [0.1, 0.15) is 9.88 Å². The van der Waals surface area contributed by atoms with Crippen molar-refractivity contribution < 1.29 is 9.53 Å². The maximum atomic E-state index is 12.2. The third kappa shape index (κ3) is 3.40. The van der Waals surface area contributed by atoms with E-state index in [1.807, 2.05) is 26.0 Å². The number of methoxy groups -OCH3 is 1. The Bertz CT molecular complexity index is 583. The number of rotatable bonds is 5. The topological polar surface area (TPSA) is 64.1 Å². The van der Waals surface area contributed by atoms with Crippen molar-refractivity contribution in [1.29, 1.82) is 0 Å². The Morgan fingerprint density at radius 3 is 3.00 bits per heavy atom. The summed E-state index contributed by atoms with van der Waals surface area (Å²) in [7, 11) is 1.61. The Morgan fingerprint density at radius 2 is 2.35 bits per heavy atom. The second-order valence-corrected chi connectivity index (χ2v) is 5.50. The summed E-state index contributed by atoms with van der Waals surface area (Å²) < 4.78 is 5.01. The van der Waals surface area contributed by atoms with Gasteiger partial charge in [-0.15, -0.1) is 11.3 Å². The molecular weight excluding hydrogens is 274 g/mol. The minimum Gasteiger partial charge on any atom is -0.383 e. The summed E-state index contributed by atoms with van der Waals surface area (Å²) in [5.41, 5.74) is 1.65. The van der Waals surface area contributed by atoms with E-state index in [1.54, 1.807) is 19.5 Å². The fourth-order valence-corrected chi connectivity index (χ4v) is 2.76. The van der Waals surface area contributed by atoms with Crippen molar-refractivity contribution in [3.8, 4) is 10.6 Å². The van der Waals surface area contributed by atoms with Crippen LogP contribution in [0.15, 0.2) is 24.5 Å². The zero-order chi connectivity index (χ0) is 14.5. The maximum Gasteiger partial charge on any atom is 0.263 e. The van der Waals surface area contributed by atoms with Gasteiger partial charge in [0.25, 0.3) is 5.91 Å². The normalized spacial score (nSPS) is 12.2. The van der Waals surface area contributed by atoms with E-state index >= 15 is 0 Å². The van der Waals surface area contributed by atoms with Gasteiger partial charge >= 0.3 is 0 Å². The summed E-state index contributed by atoms with van der Waals surface area (Å²) in [6, 6.07) is 3.75. The van der Waals surface area contributed by atoms with Gasteiger partial charge in [-0.1, -0.05) is 0 Å². The third-order valence-electron chi connectivity index (χ3n) is 2.71. The summed E-state index contributed by atoms with van der Waals surface area (Å²) >= 11 is 1.38. The largest absolute Gasteiger partial charge is 0.383 e. The number of carbonyl (C=O) groups excluding carboxylic acids is 1. The molecule has 6 heteroatoms. The molecule has 2 heterocycles. The molecule has 0 aliphatic rings. The summed E-state index contributed by atoms with van der Waals surface area (Å²) in [5, 5.41) is 3.70. The fourth-order valence-electron chi connectivity index (χ4n) is 1.80. The first kappa shape index (κ1) is 14.6. The number of pyridine rings is 1. The Morgan fingerprint density at radius 1 is 1.55 bits per heavy atom. The number of hydrogen-bond donors (Lipinski definition) is 1. The van der Waals surface area contributed by atoms with E-state index in [0.29, 0.717) is 11.5 Å². The number of ether oxygens (including phenoxy) is 1. The summed E-state index contributed by atoms with van der Waals surface area (Å²) in [6.07, 6.45) is 3.46. The van der Waals surface area contributed by atoms with Crippen molar-refractivity contribution in [1.82, 2.24) is 15.3 Å². The van der Waals surface area contributed by atoms with Gasteiger partial charge in [0, 0.05) is 31.1 Å². The Hall–Kier alpha value is -1.79. The molecule has 0 fully saturated rings. The van der Waals surface area contributed by atoms with E-state index in [1.165, 1.54) is 11.3 Å². The molecule has 1 atom stereocenters. The number of carbonyl (C=O) groups is 1. The smallest absolute Gasteiger partial charge is 0.263 e. The van der Waals surface area contributed by atoms with Gasteiger partial charge in [0.2, 0.25) is 0 Å². The number of aryl methyl sites for hydroxylation is 1. The van der Waals surface area contributed by atoms with Gasteiger partial charge in [-0.05, 0) is 26.0 Å². The highest BCUT2D eigenvalue weighted by molar-refractivity contribution is 7.17. The predicted octanol–water partition coefficient (Wildman–Crippen LogP) is 2.28. The van der Waals surface area contributed by atoms with E-state index in [4.69, 9.17) is 4.74 Å². The van der Waals surface area contributed by atoms with Gasteiger partial charge in [0.05, 0.1) is 12.3 Å². The Kier molecular flexibility index (Phi) is 4.81. The quantitative estimate of drug-likeness (QED) is 0.918. The van der Waals surface area contributed by atoms with Gasteiger partial charge in [-0.3, -0.25) is 9.78 Å². The van der Waals surface area contributed by atoms with Crippen molar-refractivity contribution in [2.75, 3.05) is 13.7 Å². The molecule has 0 aromatic carbocycles. The molecule has 0 aliphatic carbocycles. The molecule has 0 radical (unpaired) electrons. The second kappa shape index (κ2) is 6.58. The number of nitrogens with one attached hydrogen (secondary N) is 1. The number of aromatic nitrogens is 2. The van der Waals surface area contributed by atoms with Gasteiger partial charge < -0.3 is 10.1 Å². The maximum absolute atomic E-state index is 12.2. The molecule has 0 aliphatic heterocycles. The van der Waals surface area contributed by atoms with Crippen LogP contribution in [0.4, 0.5) is 0 Å². The van der Waals surface area contributed by atoms with Crippen LogP contribution in [0.3, 0.4) is 0 Å². The lowest BCUT2D eigenvalue weighted by molar-refractivity contribution is 0.0909. The molecule has 20 heavy (non-hydrogen) atoms. The first-order valence-electron chi connectivity index (χ1n) is 6.29. The zero-order valence-electron chi connectivity index (χ0n) is 11.7. The molecule has 2 rings (SSSR count). The van der Waals surface area contributed by atoms with Crippen LogP contribution in [0.5, 0.6) is 0 Å². The van der Waals surface area contributed by atoms with Gasteiger partial charge in [-0.25, -0.2) is 4.98 Å². The number of hydrogen-bond acceptors (Lipinski definition) is 5. The van der Waals surface area contributed by atoms with Crippen LogP contribution in [0.25, 0.3) is 10.6 Å². The molecule has 2 aromatic rings. The molecule has 0 saturated heterocycles. The summed E-state index contributed by atoms with van der Waals surface area (Å²) in [5.74, 6) is -0.111. The molecule has 106 valence electrons. The fraction of sp³-hybridized carbons (Fsp3) is 0.357. The Labute approximate surface area is 122 Å². The van der Waals surface area contributed by atoms with Crippen LogP contribution in [0, 0.1) is 6.92 Å². The van der Waals surface area contributed by atoms with Crippen LogP contribution in [0.2, 0.25) is 0 Å². The molecule has 1 N–H and O–H groups in total. The minimum atomic E-state index is -0.111. The summed E-state index contributed by atoms with van der Waals surface area (Å²) in [6.45, 7) is 4.23. The van der Waals surface area contributed by atoms with Crippen molar-refractivity contribution in [2.24, 2.45) is 0 Å². The first-order chi connectivity index (χ1) is 9.61. The molecule has 0 saturated carbocycles. The van der Waals surface area contributed by atoms with Gasteiger partial charge in [-0.2, -0.15) is 0 Å². The Balaban J connectivity index is 2.17. The van der Waals surface area contributed by atoms with E-state index in [-0.39, 0.29) is 11.9 Å². The van der Waals surface area contributed by atoms with Crippen LogP contribution in [-0.2, 0) is 4.74 Å². The highest BCUT2D eigenvalue weighted by Crippen LogP contribution is 2.27. The predicted molar refractivity (Wildman–Crippen MR) is 78.9 cm³/mol. The average molecular weight is 291 g/mol. The van der Waals surface area contributed by atoms with Gasteiger partial charge in [0.15, 0.2) is 0 Å². The molecule has 1 amide bonds. The van der Waals surface area contributed by atoms with E-state index in [2.05, 4.69) is 15.3 Å². The van der Waals surface area contributed by atoms with E-state index in [9.17, 15) is 4.79 Å². The molecule has 0 spiro atoms. The van der Waals surface area contributed by atoms with Crippen molar-refractivity contribution in [3.63, 3.8) is 0 Å². The lowest BCUT2D eigenvalue weighted by Gasteiger charge is -2.11. The average Bonchev–Trinajstić information content (AvgIpc) is 2.82.